The molecule has 1 aliphatic rings. The molecule has 18 heavy (non-hydrogen) atoms. The highest BCUT2D eigenvalue weighted by atomic mass is 32.2. The second-order valence-electron chi connectivity index (χ2n) is 4.26. The van der Waals surface area contributed by atoms with Crippen LogP contribution in [0.5, 0.6) is 0 Å². The summed E-state index contributed by atoms with van der Waals surface area (Å²) in [6, 6.07) is 6.82. The molecule has 0 radical (unpaired) electrons. The Hall–Kier alpha value is -0.980. The fourth-order valence-electron chi connectivity index (χ4n) is 2.03. The number of nitrogens with zero attached hydrogens (tertiary/aromatic N) is 1. The molecule has 1 aromatic rings. The molecular formula is C12H15NO3S2. The summed E-state index contributed by atoms with van der Waals surface area (Å²) in [7, 11) is -3.48. The maximum absolute atomic E-state index is 12.4. The Morgan fingerprint density at radius 2 is 2.06 bits per heavy atom. The standard InChI is InChI=1S/C12H15NO3S2/c1-10-4-6-11(7-5-10)18(14,15)13-8-2-3-12(13)16-9-17/h4-7,9,12H,2-3,8H2,1H3/t12-/m0/s1. The smallest absolute Gasteiger partial charge is 0.246 e. The number of thiocarbonyl (C=S) groups is 1. The molecule has 1 heterocycles. The van der Waals surface area contributed by atoms with Crippen LogP contribution in [-0.2, 0) is 14.8 Å². The van der Waals surface area contributed by atoms with Crippen molar-refractivity contribution < 1.29 is 13.2 Å². The number of benzene rings is 1. The second-order valence-corrected chi connectivity index (χ2v) is 6.34. The van der Waals surface area contributed by atoms with Crippen LogP contribution < -0.4 is 0 Å². The third kappa shape index (κ3) is 2.55. The minimum atomic E-state index is -3.48. The van der Waals surface area contributed by atoms with Crippen LogP contribution in [0, 0.1) is 6.92 Å². The van der Waals surface area contributed by atoms with Gasteiger partial charge in [0, 0.05) is 13.0 Å². The van der Waals surface area contributed by atoms with Gasteiger partial charge >= 0.3 is 0 Å². The van der Waals surface area contributed by atoms with Crippen molar-refractivity contribution in [2.75, 3.05) is 6.54 Å². The average Bonchev–Trinajstić information content (AvgIpc) is 2.79. The molecule has 0 saturated carbocycles. The van der Waals surface area contributed by atoms with Crippen molar-refractivity contribution in [2.45, 2.75) is 30.9 Å². The van der Waals surface area contributed by atoms with Gasteiger partial charge in [-0.15, -0.1) is 0 Å². The van der Waals surface area contributed by atoms with E-state index in [-0.39, 0.29) is 0 Å². The molecule has 0 N–H and O–H groups in total. The molecule has 1 atom stereocenters. The molecular weight excluding hydrogens is 270 g/mol. The minimum Gasteiger partial charge on any atom is -0.470 e. The number of hydrogen-bond donors (Lipinski definition) is 0. The molecule has 1 saturated heterocycles. The van der Waals surface area contributed by atoms with Gasteiger partial charge in [0.1, 0.15) is 5.55 Å². The molecule has 0 spiro atoms. The molecule has 0 aliphatic carbocycles. The van der Waals surface area contributed by atoms with Gasteiger partial charge in [-0.25, -0.2) is 8.42 Å². The molecule has 0 bridgehead atoms. The highest BCUT2D eigenvalue weighted by Crippen LogP contribution is 2.26. The predicted octanol–water partition coefficient (Wildman–Crippen LogP) is 2.08. The van der Waals surface area contributed by atoms with Gasteiger partial charge in [0.05, 0.1) is 4.90 Å². The largest absolute Gasteiger partial charge is 0.470 e. The summed E-state index contributed by atoms with van der Waals surface area (Å²) in [6.07, 6.45) is 1.01. The zero-order valence-corrected chi connectivity index (χ0v) is 11.7. The monoisotopic (exact) mass is 285 g/mol. The molecule has 0 unspecified atom stereocenters. The molecule has 4 nitrogen and oxygen atoms in total. The van der Waals surface area contributed by atoms with Crippen LogP contribution in [0.25, 0.3) is 0 Å². The van der Waals surface area contributed by atoms with E-state index in [4.69, 9.17) is 4.74 Å². The molecule has 0 amide bonds. The number of aryl methyl sites for hydroxylation is 1. The topological polar surface area (TPSA) is 46.6 Å². The third-order valence-corrected chi connectivity index (χ3v) is 5.01. The first-order valence-corrected chi connectivity index (χ1v) is 7.64. The van der Waals surface area contributed by atoms with Gasteiger partial charge in [-0.05, 0) is 37.7 Å². The van der Waals surface area contributed by atoms with Crippen molar-refractivity contribution in [3.8, 4) is 0 Å². The van der Waals surface area contributed by atoms with Gasteiger partial charge in [0.25, 0.3) is 0 Å². The van der Waals surface area contributed by atoms with E-state index < -0.39 is 16.3 Å². The van der Waals surface area contributed by atoms with Gasteiger partial charge in [-0.2, -0.15) is 4.31 Å². The van der Waals surface area contributed by atoms with E-state index in [0.29, 0.717) is 17.9 Å². The summed E-state index contributed by atoms with van der Waals surface area (Å²) in [5.41, 5.74) is 2.16. The van der Waals surface area contributed by atoms with Crippen LogP contribution >= 0.6 is 12.2 Å². The number of rotatable bonds is 4. The summed E-state index contributed by atoms with van der Waals surface area (Å²) >= 11 is 4.63. The first-order chi connectivity index (χ1) is 8.55. The Morgan fingerprint density at radius 3 is 2.67 bits per heavy atom. The summed E-state index contributed by atoms with van der Waals surface area (Å²) < 4.78 is 31.4. The van der Waals surface area contributed by atoms with Crippen molar-refractivity contribution >= 4 is 27.8 Å². The molecule has 6 heteroatoms. The normalized spacial score (nSPS) is 20.8. The predicted molar refractivity (Wildman–Crippen MR) is 72.8 cm³/mol. The lowest BCUT2D eigenvalue weighted by Gasteiger charge is -2.22. The fourth-order valence-corrected chi connectivity index (χ4v) is 3.74. The lowest BCUT2D eigenvalue weighted by atomic mass is 10.2. The zero-order chi connectivity index (χ0) is 13.2. The van der Waals surface area contributed by atoms with E-state index in [2.05, 4.69) is 12.2 Å². The summed E-state index contributed by atoms with van der Waals surface area (Å²) in [4.78, 5) is 0.299. The van der Waals surface area contributed by atoms with E-state index in [1.165, 1.54) is 4.31 Å². The van der Waals surface area contributed by atoms with Crippen molar-refractivity contribution in [1.29, 1.82) is 0 Å². The average molecular weight is 285 g/mol. The minimum absolute atomic E-state index is 0.299. The van der Waals surface area contributed by atoms with Crippen LogP contribution in [-0.4, -0.2) is 31.0 Å². The number of ether oxygens (including phenoxy) is 1. The van der Waals surface area contributed by atoms with E-state index >= 15 is 0 Å². The SMILES string of the molecule is Cc1ccc(S(=O)(=O)N2CCC[C@@H]2OC=S)cc1. The van der Waals surface area contributed by atoms with Gasteiger partial charge in [0.15, 0.2) is 6.23 Å². The second kappa shape index (κ2) is 5.34. The third-order valence-electron chi connectivity index (χ3n) is 2.99. The Balaban J connectivity index is 2.30. The van der Waals surface area contributed by atoms with E-state index in [0.717, 1.165) is 17.5 Å². The molecule has 1 aliphatic heterocycles. The Labute approximate surface area is 113 Å². The first kappa shape index (κ1) is 13.5. The lowest BCUT2D eigenvalue weighted by Crippen LogP contribution is -2.36. The lowest BCUT2D eigenvalue weighted by molar-refractivity contribution is 0.120. The molecule has 0 aromatic heterocycles. The zero-order valence-electron chi connectivity index (χ0n) is 10.1. The van der Waals surface area contributed by atoms with Crippen molar-refractivity contribution in [2.24, 2.45) is 0 Å². The van der Waals surface area contributed by atoms with Crippen molar-refractivity contribution in [3.05, 3.63) is 29.8 Å². The fraction of sp³-hybridized carbons (Fsp3) is 0.417. The molecule has 2 rings (SSSR count). The summed E-state index contributed by atoms with van der Waals surface area (Å²) in [6.45, 7) is 2.40. The highest BCUT2D eigenvalue weighted by Gasteiger charge is 2.36. The first-order valence-electron chi connectivity index (χ1n) is 5.73. The Morgan fingerprint density at radius 1 is 1.39 bits per heavy atom. The van der Waals surface area contributed by atoms with Gasteiger partial charge < -0.3 is 4.74 Å². The van der Waals surface area contributed by atoms with Gasteiger partial charge in [-0.3, -0.25) is 0 Å². The van der Waals surface area contributed by atoms with Crippen LogP contribution in [0.2, 0.25) is 0 Å². The summed E-state index contributed by atoms with van der Waals surface area (Å²) in [5.74, 6) is 0. The van der Waals surface area contributed by atoms with Crippen molar-refractivity contribution in [1.82, 2.24) is 4.31 Å². The maximum atomic E-state index is 12.4. The van der Waals surface area contributed by atoms with Crippen molar-refractivity contribution in [3.63, 3.8) is 0 Å². The Bertz CT molecular complexity index is 525. The number of sulfonamides is 1. The number of hydrogen-bond acceptors (Lipinski definition) is 4. The summed E-state index contributed by atoms with van der Waals surface area (Å²) in [5, 5.41) is 0. The molecule has 1 aromatic carbocycles. The van der Waals surface area contributed by atoms with Gasteiger partial charge in [-0.1, -0.05) is 17.7 Å². The van der Waals surface area contributed by atoms with Gasteiger partial charge in [0.2, 0.25) is 10.0 Å². The Kier molecular flexibility index (Phi) is 3.99. The van der Waals surface area contributed by atoms with E-state index in [1.54, 1.807) is 24.3 Å². The maximum Gasteiger partial charge on any atom is 0.246 e. The molecule has 98 valence electrons. The highest BCUT2D eigenvalue weighted by molar-refractivity contribution is 7.89. The van der Waals surface area contributed by atoms with E-state index in [9.17, 15) is 8.42 Å². The van der Waals surface area contributed by atoms with Crippen LogP contribution in [0.4, 0.5) is 0 Å². The molecule has 1 fully saturated rings. The van der Waals surface area contributed by atoms with Crippen LogP contribution in [0.3, 0.4) is 0 Å². The quantitative estimate of drug-likeness (QED) is 0.795. The van der Waals surface area contributed by atoms with Crippen LogP contribution in [0.15, 0.2) is 29.2 Å². The van der Waals surface area contributed by atoms with E-state index in [1.807, 2.05) is 6.92 Å². The van der Waals surface area contributed by atoms with Crippen LogP contribution in [0.1, 0.15) is 18.4 Å².